The Morgan fingerprint density at radius 2 is 1.43 bits per heavy atom. The molecule has 0 amide bonds. The van der Waals surface area contributed by atoms with Crippen LogP contribution in [0.2, 0.25) is 0 Å². The molecule has 0 aromatic heterocycles. The lowest BCUT2D eigenvalue weighted by Crippen LogP contribution is -2.19. The van der Waals surface area contributed by atoms with E-state index in [2.05, 4.69) is 85.8 Å². The molecule has 3 aromatic carbocycles. The highest BCUT2D eigenvalue weighted by atomic mass is 16.5. The van der Waals surface area contributed by atoms with Crippen molar-refractivity contribution in [2.24, 2.45) is 0 Å². The summed E-state index contributed by atoms with van der Waals surface area (Å²) in [5.41, 5.74) is 5.21. The van der Waals surface area contributed by atoms with Crippen molar-refractivity contribution in [3.05, 3.63) is 101 Å². The Labute approximate surface area is 137 Å². The Morgan fingerprint density at radius 3 is 2.22 bits per heavy atom. The van der Waals surface area contributed by atoms with Crippen molar-refractivity contribution in [3.8, 4) is 5.75 Å². The number of rotatable bonds is 2. The van der Waals surface area contributed by atoms with Gasteiger partial charge in [0.05, 0.1) is 0 Å². The van der Waals surface area contributed by atoms with Gasteiger partial charge in [-0.05, 0) is 30.5 Å². The van der Waals surface area contributed by atoms with E-state index in [-0.39, 0.29) is 6.10 Å². The number of benzene rings is 3. The van der Waals surface area contributed by atoms with Crippen molar-refractivity contribution < 1.29 is 4.74 Å². The maximum atomic E-state index is 6.29. The molecule has 0 saturated heterocycles. The van der Waals surface area contributed by atoms with Crippen molar-refractivity contribution >= 4 is 0 Å². The average Bonchev–Trinajstić information content (AvgIpc) is 2.62. The molecule has 0 radical (unpaired) electrons. The summed E-state index contributed by atoms with van der Waals surface area (Å²) in [7, 11) is 0. The van der Waals surface area contributed by atoms with Crippen LogP contribution in [0.15, 0.2) is 78.9 Å². The molecular weight excluding hydrogens is 280 g/mol. The molecule has 0 unspecified atom stereocenters. The molecule has 3 aromatic rings. The first-order chi connectivity index (χ1) is 11.3. The molecule has 1 aliphatic heterocycles. The molecule has 0 fully saturated rings. The Hall–Kier alpha value is -2.54. The summed E-state index contributed by atoms with van der Waals surface area (Å²) in [6.45, 7) is 2.13. The number of hydrogen-bond acceptors (Lipinski definition) is 1. The summed E-state index contributed by atoms with van der Waals surface area (Å²) >= 11 is 0. The van der Waals surface area contributed by atoms with E-state index in [0.29, 0.717) is 5.92 Å². The number of ether oxygens (including phenoxy) is 1. The van der Waals surface area contributed by atoms with E-state index in [1.807, 2.05) is 0 Å². The van der Waals surface area contributed by atoms with Crippen LogP contribution in [0, 0.1) is 6.92 Å². The highest BCUT2D eigenvalue weighted by molar-refractivity contribution is 5.45. The summed E-state index contributed by atoms with van der Waals surface area (Å²) in [6, 6.07) is 27.9. The average molecular weight is 300 g/mol. The monoisotopic (exact) mass is 300 g/mol. The van der Waals surface area contributed by atoms with Crippen LogP contribution in [-0.2, 0) is 0 Å². The molecule has 0 aliphatic carbocycles. The van der Waals surface area contributed by atoms with Crippen molar-refractivity contribution in [2.75, 3.05) is 0 Å². The van der Waals surface area contributed by atoms with Crippen LogP contribution in [0.5, 0.6) is 5.75 Å². The fourth-order valence-electron chi connectivity index (χ4n) is 3.40. The van der Waals surface area contributed by atoms with E-state index in [1.165, 1.54) is 22.3 Å². The summed E-state index contributed by atoms with van der Waals surface area (Å²) < 4.78 is 6.29. The first-order valence-electron chi connectivity index (χ1n) is 8.18. The van der Waals surface area contributed by atoms with Gasteiger partial charge in [0, 0.05) is 11.5 Å². The highest BCUT2D eigenvalue weighted by Gasteiger charge is 2.29. The molecule has 1 nitrogen and oxygen atoms in total. The molecule has 0 bridgehead atoms. The van der Waals surface area contributed by atoms with Crippen LogP contribution < -0.4 is 4.74 Å². The Morgan fingerprint density at radius 1 is 0.739 bits per heavy atom. The molecule has 0 N–H and O–H groups in total. The smallest absolute Gasteiger partial charge is 0.125 e. The van der Waals surface area contributed by atoms with E-state index in [4.69, 9.17) is 4.74 Å². The largest absolute Gasteiger partial charge is 0.485 e. The number of fused-ring (bicyclic) bond motifs is 1. The molecule has 114 valence electrons. The summed E-state index contributed by atoms with van der Waals surface area (Å²) in [6.07, 6.45) is 1.08. The third-order valence-corrected chi connectivity index (χ3v) is 4.66. The van der Waals surface area contributed by atoms with Crippen molar-refractivity contribution in [2.45, 2.75) is 25.4 Å². The minimum atomic E-state index is 0.109. The summed E-state index contributed by atoms with van der Waals surface area (Å²) in [5.74, 6) is 1.39. The van der Waals surface area contributed by atoms with E-state index in [1.54, 1.807) is 0 Å². The molecule has 1 aliphatic rings. The lowest BCUT2D eigenvalue weighted by Gasteiger charge is -2.33. The van der Waals surface area contributed by atoms with E-state index < -0.39 is 0 Å². The van der Waals surface area contributed by atoms with Crippen molar-refractivity contribution in [1.29, 1.82) is 0 Å². The van der Waals surface area contributed by atoms with Gasteiger partial charge in [0.2, 0.25) is 0 Å². The van der Waals surface area contributed by atoms with Gasteiger partial charge < -0.3 is 4.74 Å². The lowest BCUT2D eigenvalue weighted by molar-refractivity contribution is 0.167. The standard InChI is InChI=1S/C22H20O/c1-16-11-13-17(14-12-16)20-15-22(18-7-3-2-4-8-18)23-21-10-6-5-9-19(20)21/h2-14,20,22H,15H2,1H3/t20-,22+/m0/s1. The number of hydrogen-bond donors (Lipinski definition) is 0. The lowest BCUT2D eigenvalue weighted by atomic mass is 9.82. The zero-order chi connectivity index (χ0) is 15.6. The van der Waals surface area contributed by atoms with Crippen molar-refractivity contribution in [3.63, 3.8) is 0 Å². The van der Waals surface area contributed by atoms with E-state index in [0.717, 1.165) is 12.2 Å². The third kappa shape index (κ3) is 2.75. The fourth-order valence-corrected chi connectivity index (χ4v) is 3.40. The second-order valence-corrected chi connectivity index (χ2v) is 6.25. The van der Waals surface area contributed by atoms with Crippen LogP contribution in [0.1, 0.15) is 40.7 Å². The van der Waals surface area contributed by atoms with Gasteiger partial charge in [-0.2, -0.15) is 0 Å². The molecule has 23 heavy (non-hydrogen) atoms. The summed E-state index contributed by atoms with van der Waals surface area (Å²) in [4.78, 5) is 0. The Kier molecular flexibility index (Phi) is 3.63. The molecule has 0 saturated carbocycles. The zero-order valence-corrected chi connectivity index (χ0v) is 13.3. The minimum absolute atomic E-state index is 0.109. The molecule has 1 heteroatoms. The Bertz CT molecular complexity index is 790. The van der Waals surface area contributed by atoms with Crippen molar-refractivity contribution in [1.82, 2.24) is 0 Å². The fraction of sp³-hybridized carbons (Fsp3) is 0.182. The molecule has 4 rings (SSSR count). The topological polar surface area (TPSA) is 9.23 Å². The van der Waals surface area contributed by atoms with Crippen LogP contribution >= 0.6 is 0 Å². The van der Waals surface area contributed by atoms with Gasteiger partial charge >= 0.3 is 0 Å². The van der Waals surface area contributed by atoms with Crippen LogP contribution in [0.25, 0.3) is 0 Å². The molecule has 1 heterocycles. The first kappa shape index (κ1) is 14.1. The quantitative estimate of drug-likeness (QED) is 0.594. The van der Waals surface area contributed by atoms with Gasteiger partial charge in [-0.1, -0.05) is 78.4 Å². The summed E-state index contributed by atoms with van der Waals surface area (Å²) in [5, 5.41) is 0. The van der Waals surface area contributed by atoms with Gasteiger partial charge in [0.15, 0.2) is 0 Å². The second kappa shape index (κ2) is 5.92. The minimum Gasteiger partial charge on any atom is -0.485 e. The third-order valence-electron chi connectivity index (χ3n) is 4.66. The number of aryl methyl sites for hydroxylation is 1. The molecule has 0 spiro atoms. The van der Waals surface area contributed by atoms with Crippen LogP contribution in [0.3, 0.4) is 0 Å². The van der Waals surface area contributed by atoms with Gasteiger partial charge in [-0.3, -0.25) is 0 Å². The predicted molar refractivity (Wildman–Crippen MR) is 93.9 cm³/mol. The van der Waals surface area contributed by atoms with E-state index >= 15 is 0 Å². The van der Waals surface area contributed by atoms with Gasteiger partial charge in [-0.15, -0.1) is 0 Å². The van der Waals surface area contributed by atoms with Gasteiger partial charge in [0.25, 0.3) is 0 Å². The first-order valence-corrected chi connectivity index (χ1v) is 8.18. The maximum Gasteiger partial charge on any atom is 0.125 e. The molecular formula is C22H20O. The van der Waals surface area contributed by atoms with Gasteiger partial charge in [0.1, 0.15) is 11.9 Å². The van der Waals surface area contributed by atoms with Gasteiger partial charge in [-0.25, -0.2) is 0 Å². The SMILES string of the molecule is Cc1ccc([C@@H]2C[C@H](c3ccccc3)Oc3ccccc32)cc1. The van der Waals surface area contributed by atoms with E-state index in [9.17, 15) is 0 Å². The van der Waals surface area contributed by atoms with Crippen LogP contribution in [0.4, 0.5) is 0 Å². The highest BCUT2D eigenvalue weighted by Crippen LogP contribution is 2.44. The maximum absolute atomic E-state index is 6.29. The number of para-hydroxylation sites is 1. The predicted octanol–water partition coefficient (Wildman–Crippen LogP) is 5.65. The normalized spacial score (nSPS) is 19.7. The molecule has 2 atom stereocenters. The zero-order valence-electron chi connectivity index (χ0n) is 13.3. The second-order valence-electron chi connectivity index (χ2n) is 6.25. The van der Waals surface area contributed by atoms with Crippen LogP contribution in [-0.4, -0.2) is 0 Å². The Balaban J connectivity index is 1.76.